The van der Waals surface area contributed by atoms with Gasteiger partial charge in [-0.05, 0) is 33.6 Å². The number of alkyl carbamates (subject to hydrolysis) is 1. The zero-order chi connectivity index (χ0) is 9.90. The fourth-order valence-corrected chi connectivity index (χ4v) is 1.13. The second-order valence-electron chi connectivity index (χ2n) is 4.15. The Labute approximate surface area is 78.6 Å². The van der Waals surface area contributed by atoms with Crippen LogP contribution in [0.4, 0.5) is 4.79 Å². The summed E-state index contributed by atoms with van der Waals surface area (Å²) in [4.78, 5) is 11.2. The van der Waals surface area contributed by atoms with Crippen LogP contribution >= 0.6 is 0 Å². The lowest BCUT2D eigenvalue weighted by atomic mass is 10.2. The molecule has 4 nitrogen and oxygen atoms in total. The summed E-state index contributed by atoms with van der Waals surface area (Å²) in [5, 5.41) is 2.65. The minimum absolute atomic E-state index is 0.158. The van der Waals surface area contributed by atoms with E-state index in [1.807, 2.05) is 20.8 Å². The first-order valence-electron chi connectivity index (χ1n) is 4.58. The normalized spacial score (nSPS) is 22.8. The molecule has 1 fully saturated rings. The van der Waals surface area contributed by atoms with Gasteiger partial charge in [-0.3, -0.25) is 5.32 Å². The lowest BCUT2D eigenvalue weighted by molar-refractivity contribution is 0.0280. The first-order chi connectivity index (χ1) is 5.97. The predicted molar refractivity (Wildman–Crippen MR) is 48.3 cm³/mol. The van der Waals surface area contributed by atoms with E-state index in [9.17, 15) is 4.79 Å². The highest BCUT2D eigenvalue weighted by Crippen LogP contribution is 2.11. The zero-order valence-corrected chi connectivity index (χ0v) is 8.42. The number of nitrogens with one attached hydrogen (secondary N) is 1. The fourth-order valence-electron chi connectivity index (χ4n) is 1.13. The van der Waals surface area contributed by atoms with Crippen LogP contribution in [0.3, 0.4) is 0 Å². The Morgan fingerprint density at radius 1 is 1.54 bits per heavy atom. The SMILES string of the molecule is CC(C)(C)OC(=O)N[C@H]1CCCO1. The third-order valence-electron chi connectivity index (χ3n) is 1.61. The summed E-state index contributed by atoms with van der Waals surface area (Å²) in [7, 11) is 0. The molecule has 1 saturated heterocycles. The zero-order valence-electron chi connectivity index (χ0n) is 8.42. The van der Waals surface area contributed by atoms with Gasteiger partial charge in [0.2, 0.25) is 0 Å². The lowest BCUT2D eigenvalue weighted by Gasteiger charge is -2.21. The highest BCUT2D eigenvalue weighted by atomic mass is 16.6. The van der Waals surface area contributed by atoms with Crippen LogP contribution in [0.1, 0.15) is 33.6 Å². The molecular weight excluding hydrogens is 170 g/mol. The highest BCUT2D eigenvalue weighted by Gasteiger charge is 2.21. The Morgan fingerprint density at radius 2 is 2.23 bits per heavy atom. The number of ether oxygens (including phenoxy) is 2. The lowest BCUT2D eigenvalue weighted by Crippen LogP contribution is -2.38. The molecule has 1 atom stereocenters. The minimum Gasteiger partial charge on any atom is -0.444 e. The summed E-state index contributed by atoms with van der Waals surface area (Å²) < 4.78 is 10.3. The Bertz CT molecular complexity index is 180. The largest absolute Gasteiger partial charge is 0.444 e. The molecule has 13 heavy (non-hydrogen) atoms. The molecule has 0 radical (unpaired) electrons. The van der Waals surface area contributed by atoms with Gasteiger partial charge in [-0.2, -0.15) is 0 Å². The first kappa shape index (κ1) is 10.3. The van der Waals surface area contributed by atoms with E-state index >= 15 is 0 Å². The molecule has 0 spiro atoms. The number of carbonyl (C=O) groups is 1. The van der Waals surface area contributed by atoms with Gasteiger partial charge in [0.1, 0.15) is 11.8 Å². The minimum atomic E-state index is -0.442. The highest BCUT2D eigenvalue weighted by molar-refractivity contribution is 5.67. The van der Waals surface area contributed by atoms with Crippen molar-refractivity contribution in [2.75, 3.05) is 6.61 Å². The van der Waals surface area contributed by atoms with E-state index in [0.29, 0.717) is 0 Å². The molecule has 0 aliphatic carbocycles. The Hall–Kier alpha value is -0.770. The summed E-state index contributed by atoms with van der Waals surface area (Å²) in [5.74, 6) is 0. The predicted octanol–water partition coefficient (Wildman–Crippen LogP) is 1.65. The average molecular weight is 187 g/mol. The molecule has 1 aliphatic rings. The monoisotopic (exact) mass is 187 g/mol. The molecule has 1 heterocycles. The molecule has 0 unspecified atom stereocenters. The van der Waals surface area contributed by atoms with Crippen molar-refractivity contribution in [2.24, 2.45) is 0 Å². The van der Waals surface area contributed by atoms with Crippen molar-refractivity contribution in [1.29, 1.82) is 0 Å². The van der Waals surface area contributed by atoms with Crippen LogP contribution in [0.15, 0.2) is 0 Å². The molecule has 0 aromatic heterocycles. The van der Waals surface area contributed by atoms with Gasteiger partial charge >= 0.3 is 6.09 Å². The maximum atomic E-state index is 11.2. The number of hydrogen-bond donors (Lipinski definition) is 1. The van der Waals surface area contributed by atoms with Crippen LogP contribution in [0, 0.1) is 0 Å². The third kappa shape index (κ3) is 4.12. The van der Waals surface area contributed by atoms with Gasteiger partial charge in [0.15, 0.2) is 0 Å². The van der Waals surface area contributed by atoms with Gasteiger partial charge in [0.25, 0.3) is 0 Å². The summed E-state index contributed by atoms with van der Waals surface area (Å²) >= 11 is 0. The Morgan fingerprint density at radius 3 is 2.69 bits per heavy atom. The van der Waals surface area contributed by atoms with E-state index in [2.05, 4.69) is 5.32 Å². The van der Waals surface area contributed by atoms with E-state index in [4.69, 9.17) is 9.47 Å². The van der Waals surface area contributed by atoms with E-state index in [1.54, 1.807) is 0 Å². The molecule has 1 rings (SSSR count). The number of amides is 1. The van der Waals surface area contributed by atoms with Gasteiger partial charge < -0.3 is 9.47 Å². The molecule has 4 heteroatoms. The van der Waals surface area contributed by atoms with Crippen molar-refractivity contribution >= 4 is 6.09 Å². The maximum absolute atomic E-state index is 11.2. The van der Waals surface area contributed by atoms with Crippen molar-refractivity contribution in [2.45, 2.75) is 45.4 Å². The molecule has 0 saturated carbocycles. The van der Waals surface area contributed by atoms with Gasteiger partial charge in [-0.1, -0.05) is 0 Å². The molecule has 1 N–H and O–H groups in total. The maximum Gasteiger partial charge on any atom is 0.409 e. The van der Waals surface area contributed by atoms with Crippen molar-refractivity contribution in [3.8, 4) is 0 Å². The van der Waals surface area contributed by atoms with Crippen LogP contribution in [-0.2, 0) is 9.47 Å². The molecule has 0 aromatic rings. The second-order valence-corrected chi connectivity index (χ2v) is 4.15. The summed E-state index contributed by atoms with van der Waals surface area (Å²) in [5.41, 5.74) is -0.442. The molecule has 76 valence electrons. The van der Waals surface area contributed by atoms with Crippen molar-refractivity contribution in [3.05, 3.63) is 0 Å². The molecule has 1 aliphatic heterocycles. The van der Waals surface area contributed by atoms with E-state index < -0.39 is 11.7 Å². The Balaban J connectivity index is 2.24. The van der Waals surface area contributed by atoms with Crippen LogP contribution in [-0.4, -0.2) is 24.5 Å². The topological polar surface area (TPSA) is 47.6 Å². The summed E-state index contributed by atoms with van der Waals surface area (Å²) in [6.07, 6.45) is 1.31. The Kier molecular flexibility index (Phi) is 3.14. The van der Waals surface area contributed by atoms with Gasteiger partial charge in [-0.15, -0.1) is 0 Å². The first-order valence-corrected chi connectivity index (χ1v) is 4.58. The number of rotatable bonds is 1. The van der Waals surface area contributed by atoms with Crippen LogP contribution < -0.4 is 5.32 Å². The quantitative estimate of drug-likeness (QED) is 0.679. The smallest absolute Gasteiger partial charge is 0.409 e. The van der Waals surface area contributed by atoms with Crippen LogP contribution in [0.25, 0.3) is 0 Å². The molecule has 1 amide bonds. The molecular formula is C9H17NO3. The van der Waals surface area contributed by atoms with Crippen LogP contribution in [0.2, 0.25) is 0 Å². The van der Waals surface area contributed by atoms with Crippen LogP contribution in [0.5, 0.6) is 0 Å². The summed E-state index contributed by atoms with van der Waals surface area (Å²) in [6, 6.07) is 0. The van der Waals surface area contributed by atoms with Crippen molar-refractivity contribution in [3.63, 3.8) is 0 Å². The molecule has 0 aromatic carbocycles. The standard InChI is InChI=1S/C9H17NO3/c1-9(2,3)13-8(11)10-7-5-4-6-12-7/h7H,4-6H2,1-3H3,(H,10,11)/t7-/m1/s1. The number of hydrogen-bond acceptors (Lipinski definition) is 3. The van der Waals surface area contributed by atoms with E-state index in [1.165, 1.54) is 0 Å². The van der Waals surface area contributed by atoms with E-state index in [0.717, 1.165) is 19.4 Å². The summed E-state index contributed by atoms with van der Waals surface area (Å²) in [6.45, 7) is 6.23. The molecule has 0 bridgehead atoms. The second kappa shape index (κ2) is 3.96. The van der Waals surface area contributed by atoms with Crippen molar-refractivity contribution < 1.29 is 14.3 Å². The average Bonchev–Trinajstić information content (AvgIpc) is 2.34. The fraction of sp³-hybridized carbons (Fsp3) is 0.889. The van der Waals surface area contributed by atoms with Gasteiger partial charge in [0.05, 0.1) is 0 Å². The van der Waals surface area contributed by atoms with Gasteiger partial charge in [0, 0.05) is 6.61 Å². The van der Waals surface area contributed by atoms with Gasteiger partial charge in [-0.25, -0.2) is 4.79 Å². The van der Waals surface area contributed by atoms with E-state index in [-0.39, 0.29) is 6.23 Å². The number of carbonyl (C=O) groups excluding carboxylic acids is 1. The van der Waals surface area contributed by atoms with Crippen molar-refractivity contribution in [1.82, 2.24) is 5.32 Å². The third-order valence-corrected chi connectivity index (χ3v) is 1.61.